The van der Waals surface area contributed by atoms with E-state index in [9.17, 15) is 20.0 Å². The zero-order valence-corrected chi connectivity index (χ0v) is 14.2. The average molecular weight is 343 g/mol. The first-order chi connectivity index (χ1) is 11.9. The van der Waals surface area contributed by atoms with E-state index in [-0.39, 0.29) is 12.2 Å². The van der Waals surface area contributed by atoms with E-state index in [0.29, 0.717) is 12.2 Å². The summed E-state index contributed by atoms with van der Waals surface area (Å²) in [7, 11) is 0. The van der Waals surface area contributed by atoms with Crippen molar-refractivity contribution in [2.45, 2.75) is 26.5 Å². The van der Waals surface area contributed by atoms with Gasteiger partial charge in [-0.2, -0.15) is 0 Å². The maximum atomic E-state index is 12.6. The molecule has 0 saturated carbocycles. The molecule has 25 heavy (non-hydrogen) atoms. The van der Waals surface area contributed by atoms with Crippen LogP contribution in [0.4, 0.5) is 16.2 Å². The van der Waals surface area contributed by atoms with Gasteiger partial charge in [0.15, 0.2) is 0 Å². The minimum Gasteiger partial charge on any atom is -0.392 e. The fourth-order valence-electron chi connectivity index (χ4n) is 2.39. The monoisotopic (exact) mass is 343 g/mol. The third-order valence-electron chi connectivity index (χ3n) is 3.66. The zero-order chi connectivity index (χ0) is 18.4. The fraction of sp³-hybridized carbons (Fsp3) is 0.278. The highest BCUT2D eigenvalue weighted by molar-refractivity contribution is 5.90. The van der Waals surface area contributed by atoms with Crippen LogP contribution < -0.4 is 5.32 Å². The average Bonchev–Trinajstić information content (AvgIpc) is 2.56. The lowest BCUT2D eigenvalue weighted by Gasteiger charge is -2.25. The molecule has 2 aromatic carbocycles. The number of carbonyl (C=O) groups excluding carboxylic acids is 1. The van der Waals surface area contributed by atoms with E-state index in [0.717, 1.165) is 11.1 Å². The Bertz CT molecular complexity index is 747. The van der Waals surface area contributed by atoms with Crippen LogP contribution in [0.3, 0.4) is 0 Å². The van der Waals surface area contributed by atoms with Gasteiger partial charge in [0.25, 0.3) is 5.69 Å². The summed E-state index contributed by atoms with van der Waals surface area (Å²) in [5.74, 6) is 0. The van der Waals surface area contributed by atoms with E-state index in [1.807, 2.05) is 30.3 Å². The van der Waals surface area contributed by atoms with Gasteiger partial charge in [0.1, 0.15) is 0 Å². The third-order valence-corrected chi connectivity index (χ3v) is 3.66. The molecule has 0 aliphatic rings. The van der Waals surface area contributed by atoms with Gasteiger partial charge < -0.3 is 15.3 Å². The van der Waals surface area contributed by atoms with Gasteiger partial charge in [-0.1, -0.05) is 36.4 Å². The van der Waals surface area contributed by atoms with Gasteiger partial charge in [0, 0.05) is 25.2 Å². The highest BCUT2D eigenvalue weighted by Crippen LogP contribution is 2.22. The van der Waals surface area contributed by atoms with Crippen molar-refractivity contribution in [3.63, 3.8) is 0 Å². The molecule has 7 nitrogen and oxygen atoms in total. The van der Waals surface area contributed by atoms with E-state index >= 15 is 0 Å². The number of aryl methyl sites for hydroxylation is 1. The molecule has 0 spiro atoms. The summed E-state index contributed by atoms with van der Waals surface area (Å²) in [5.41, 5.74) is 1.93. The number of amides is 2. The van der Waals surface area contributed by atoms with Crippen molar-refractivity contribution in [2.24, 2.45) is 0 Å². The Morgan fingerprint density at radius 1 is 1.28 bits per heavy atom. The normalized spacial score (nSPS) is 11.6. The molecule has 0 unspecified atom stereocenters. The summed E-state index contributed by atoms with van der Waals surface area (Å²) >= 11 is 0. The maximum Gasteiger partial charge on any atom is 0.322 e. The number of anilines is 1. The Kier molecular flexibility index (Phi) is 6.08. The van der Waals surface area contributed by atoms with Crippen molar-refractivity contribution in [3.8, 4) is 0 Å². The molecule has 0 aliphatic carbocycles. The summed E-state index contributed by atoms with van der Waals surface area (Å²) in [5, 5.41) is 23.3. The van der Waals surface area contributed by atoms with E-state index in [1.54, 1.807) is 19.9 Å². The van der Waals surface area contributed by atoms with Crippen LogP contribution in [-0.2, 0) is 6.54 Å². The lowest BCUT2D eigenvalue weighted by atomic mass is 10.2. The zero-order valence-electron chi connectivity index (χ0n) is 14.2. The quantitative estimate of drug-likeness (QED) is 0.621. The van der Waals surface area contributed by atoms with Crippen LogP contribution in [0.25, 0.3) is 0 Å². The number of nitro benzene ring substituents is 1. The minimum atomic E-state index is -0.694. The molecular formula is C18H21N3O4. The van der Waals surface area contributed by atoms with Crippen molar-refractivity contribution in [2.75, 3.05) is 11.9 Å². The molecule has 7 heteroatoms. The molecule has 2 amide bonds. The summed E-state index contributed by atoms with van der Waals surface area (Å²) in [6.45, 7) is 3.83. The largest absolute Gasteiger partial charge is 0.392 e. The first-order valence-electron chi connectivity index (χ1n) is 7.90. The minimum absolute atomic E-state index is 0.0916. The third kappa shape index (κ3) is 5.29. The molecule has 2 N–H and O–H groups in total. The lowest BCUT2D eigenvalue weighted by molar-refractivity contribution is -0.384. The van der Waals surface area contributed by atoms with Gasteiger partial charge in [-0.05, 0) is 25.0 Å². The molecule has 132 valence electrons. The predicted octanol–water partition coefficient (Wildman–Crippen LogP) is 3.32. The summed E-state index contributed by atoms with van der Waals surface area (Å²) in [6.07, 6.45) is -0.694. The highest BCUT2D eigenvalue weighted by Gasteiger charge is 2.18. The number of carbonyl (C=O) groups is 1. The van der Waals surface area contributed by atoms with Crippen LogP contribution in [0.15, 0.2) is 48.5 Å². The second-order valence-electron chi connectivity index (χ2n) is 5.90. The second-order valence-corrected chi connectivity index (χ2v) is 5.90. The van der Waals surface area contributed by atoms with Crippen LogP contribution in [0.2, 0.25) is 0 Å². The molecule has 0 heterocycles. The van der Waals surface area contributed by atoms with Crippen LogP contribution in [0.5, 0.6) is 0 Å². The van der Waals surface area contributed by atoms with Gasteiger partial charge in [0.2, 0.25) is 0 Å². The van der Waals surface area contributed by atoms with Crippen LogP contribution >= 0.6 is 0 Å². The number of non-ortho nitro benzene ring substituents is 1. The number of hydrogen-bond donors (Lipinski definition) is 2. The van der Waals surface area contributed by atoms with Crippen molar-refractivity contribution in [1.82, 2.24) is 4.90 Å². The van der Waals surface area contributed by atoms with Gasteiger partial charge in [0.05, 0.1) is 16.7 Å². The first-order valence-corrected chi connectivity index (χ1v) is 7.90. The Morgan fingerprint density at radius 2 is 1.96 bits per heavy atom. The Morgan fingerprint density at radius 3 is 2.56 bits per heavy atom. The van der Waals surface area contributed by atoms with Crippen LogP contribution in [0, 0.1) is 17.0 Å². The maximum absolute atomic E-state index is 12.6. The molecule has 2 rings (SSSR count). The summed E-state index contributed by atoms with van der Waals surface area (Å²) < 4.78 is 0. The molecule has 0 aliphatic heterocycles. The summed E-state index contributed by atoms with van der Waals surface area (Å²) in [6, 6.07) is 13.3. The van der Waals surface area contributed by atoms with Crippen LogP contribution in [0.1, 0.15) is 18.1 Å². The number of rotatable bonds is 6. The van der Waals surface area contributed by atoms with Crippen molar-refractivity contribution < 1.29 is 14.8 Å². The number of aliphatic hydroxyl groups is 1. The standard InChI is InChI=1S/C18H21N3O4/c1-13-8-9-16(21(24)25)10-17(13)19-18(23)20(11-14(2)22)12-15-6-4-3-5-7-15/h3-10,14,22H,11-12H2,1-2H3,(H,19,23)/t14-/m1/s1. The second kappa shape index (κ2) is 8.25. The van der Waals surface area contributed by atoms with Gasteiger partial charge in [-0.3, -0.25) is 10.1 Å². The number of aliphatic hydroxyl groups excluding tert-OH is 1. The lowest BCUT2D eigenvalue weighted by Crippen LogP contribution is -2.39. The molecular weight excluding hydrogens is 322 g/mol. The predicted molar refractivity (Wildman–Crippen MR) is 95.4 cm³/mol. The number of nitrogens with one attached hydrogen (secondary N) is 1. The summed E-state index contributed by atoms with van der Waals surface area (Å²) in [4.78, 5) is 24.5. The first kappa shape index (κ1) is 18.4. The molecule has 0 fully saturated rings. The van der Waals surface area contributed by atoms with Crippen molar-refractivity contribution in [3.05, 3.63) is 69.8 Å². The smallest absolute Gasteiger partial charge is 0.322 e. The molecule has 0 aromatic heterocycles. The van der Waals surface area contributed by atoms with Gasteiger partial charge >= 0.3 is 6.03 Å². The SMILES string of the molecule is Cc1ccc([N+](=O)[O-])cc1NC(=O)N(Cc1ccccc1)C[C@@H](C)O. The van der Waals surface area contributed by atoms with Crippen molar-refractivity contribution in [1.29, 1.82) is 0 Å². The number of hydrogen-bond acceptors (Lipinski definition) is 4. The number of nitro groups is 1. The molecule has 0 saturated heterocycles. The molecule has 0 bridgehead atoms. The Labute approximate surface area is 146 Å². The fourth-order valence-corrected chi connectivity index (χ4v) is 2.39. The van der Waals surface area contributed by atoms with E-state index in [4.69, 9.17) is 0 Å². The topological polar surface area (TPSA) is 95.7 Å². The van der Waals surface area contributed by atoms with Crippen molar-refractivity contribution >= 4 is 17.4 Å². The van der Waals surface area contributed by atoms with Gasteiger partial charge in [-0.15, -0.1) is 0 Å². The van der Waals surface area contributed by atoms with Gasteiger partial charge in [-0.25, -0.2) is 4.79 Å². The van der Waals surface area contributed by atoms with Crippen LogP contribution in [-0.4, -0.2) is 33.6 Å². The number of benzene rings is 2. The molecule has 2 aromatic rings. The van der Waals surface area contributed by atoms with E-state index in [2.05, 4.69) is 5.32 Å². The highest BCUT2D eigenvalue weighted by atomic mass is 16.6. The van der Waals surface area contributed by atoms with E-state index in [1.165, 1.54) is 17.0 Å². The van der Waals surface area contributed by atoms with E-state index < -0.39 is 17.1 Å². The molecule has 1 atom stereocenters. The Balaban J connectivity index is 2.19. The Hall–Kier alpha value is -2.93. The number of nitrogens with zero attached hydrogens (tertiary/aromatic N) is 2. The number of urea groups is 1. The molecule has 0 radical (unpaired) electrons.